The van der Waals surface area contributed by atoms with Gasteiger partial charge in [0, 0.05) is 30.9 Å². The summed E-state index contributed by atoms with van der Waals surface area (Å²) in [6.45, 7) is 3.54. The van der Waals surface area contributed by atoms with Crippen LogP contribution in [0.1, 0.15) is 31.4 Å². The van der Waals surface area contributed by atoms with Crippen LogP contribution in [0.4, 0.5) is 4.39 Å². The van der Waals surface area contributed by atoms with Gasteiger partial charge in [-0.1, -0.05) is 0 Å². The number of benzene rings is 1. The maximum Gasteiger partial charge on any atom is 0.123 e. The number of hydrogen-bond donors (Lipinski definition) is 1. The molecule has 1 saturated heterocycles. The predicted molar refractivity (Wildman–Crippen MR) is 68.1 cm³/mol. The van der Waals surface area contributed by atoms with Crippen molar-refractivity contribution in [2.75, 3.05) is 20.3 Å². The highest BCUT2D eigenvalue weighted by atomic mass is 19.1. The SMILES string of the molecule is CC(c1cc(F)ccc1O)N(C)C1CCOCC1. The summed E-state index contributed by atoms with van der Waals surface area (Å²) in [6.07, 6.45) is 1.97. The Morgan fingerprint density at radius 1 is 1.39 bits per heavy atom. The van der Waals surface area contributed by atoms with Crippen LogP contribution in [-0.4, -0.2) is 36.3 Å². The lowest BCUT2D eigenvalue weighted by atomic mass is 10.0. The molecule has 0 saturated carbocycles. The molecular formula is C14H20FNO2. The molecule has 18 heavy (non-hydrogen) atoms. The Kier molecular flexibility index (Phi) is 4.19. The van der Waals surface area contributed by atoms with Crippen LogP contribution >= 0.6 is 0 Å². The van der Waals surface area contributed by atoms with Crippen molar-refractivity contribution in [3.63, 3.8) is 0 Å². The Balaban J connectivity index is 2.13. The third-order valence-electron chi connectivity index (χ3n) is 3.82. The van der Waals surface area contributed by atoms with Gasteiger partial charge in [0.15, 0.2) is 0 Å². The fraction of sp³-hybridized carbons (Fsp3) is 0.571. The molecule has 1 aliphatic rings. The van der Waals surface area contributed by atoms with Crippen LogP contribution in [0.5, 0.6) is 5.75 Å². The molecule has 1 N–H and O–H groups in total. The van der Waals surface area contributed by atoms with Gasteiger partial charge in [-0.25, -0.2) is 4.39 Å². The van der Waals surface area contributed by atoms with Crippen LogP contribution in [0.3, 0.4) is 0 Å². The molecule has 0 aromatic heterocycles. The fourth-order valence-corrected chi connectivity index (χ4v) is 2.49. The molecule has 100 valence electrons. The highest BCUT2D eigenvalue weighted by molar-refractivity contribution is 5.35. The molecule has 4 heteroatoms. The normalized spacial score (nSPS) is 19.1. The Bertz CT molecular complexity index is 405. The molecule has 1 aromatic carbocycles. The second-order valence-electron chi connectivity index (χ2n) is 4.89. The highest BCUT2D eigenvalue weighted by Crippen LogP contribution is 2.31. The van der Waals surface area contributed by atoms with Crippen molar-refractivity contribution in [2.45, 2.75) is 31.8 Å². The van der Waals surface area contributed by atoms with E-state index in [0.717, 1.165) is 26.1 Å². The minimum Gasteiger partial charge on any atom is -0.508 e. The van der Waals surface area contributed by atoms with E-state index in [0.29, 0.717) is 11.6 Å². The molecule has 0 spiro atoms. The van der Waals surface area contributed by atoms with Gasteiger partial charge in [-0.2, -0.15) is 0 Å². The zero-order chi connectivity index (χ0) is 13.1. The predicted octanol–water partition coefficient (Wildman–Crippen LogP) is 2.70. The van der Waals surface area contributed by atoms with Crippen LogP contribution in [0.15, 0.2) is 18.2 Å². The molecule has 0 bridgehead atoms. The van der Waals surface area contributed by atoms with Gasteiger partial charge in [-0.15, -0.1) is 0 Å². The maximum absolute atomic E-state index is 13.3. The number of halogens is 1. The second-order valence-corrected chi connectivity index (χ2v) is 4.89. The van der Waals surface area contributed by atoms with Gasteiger partial charge in [0.1, 0.15) is 11.6 Å². The van der Waals surface area contributed by atoms with Gasteiger partial charge < -0.3 is 9.84 Å². The van der Waals surface area contributed by atoms with E-state index in [1.54, 1.807) is 0 Å². The molecule has 2 rings (SSSR count). The van der Waals surface area contributed by atoms with Crippen molar-refractivity contribution in [1.82, 2.24) is 4.90 Å². The van der Waals surface area contributed by atoms with Gasteiger partial charge in [0.2, 0.25) is 0 Å². The first-order valence-corrected chi connectivity index (χ1v) is 6.37. The lowest BCUT2D eigenvalue weighted by molar-refractivity contribution is 0.0305. The maximum atomic E-state index is 13.3. The minimum atomic E-state index is -0.310. The van der Waals surface area contributed by atoms with Gasteiger partial charge in [0.05, 0.1) is 0 Å². The summed E-state index contributed by atoms with van der Waals surface area (Å²) in [7, 11) is 2.02. The zero-order valence-electron chi connectivity index (χ0n) is 10.9. The van der Waals surface area contributed by atoms with E-state index in [1.807, 2.05) is 14.0 Å². The third-order valence-corrected chi connectivity index (χ3v) is 3.82. The van der Waals surface area contributed by atoms with Gasteiger partial charge in [-0.3, -0.25) is 4.90 Å². The smallest absolute Gasteiger partial charge is 0.123 e. The van der Waals surface area contributed by atoms with Crippen LogP contribution < -0.4 is 0 Å². The standard InChI is InChI=1S/C14H20FNO2/c1-10(13-9-11(15)3-4-14(13)17)16(2)12-5-7-18-8-6-12/h3-4,9-10,12,17H,5-8H2,1-2H3. The summed E-state index contributed by atoms with van der Waals surface area (Å²) in [5, 5.41) is 9.83. The number of nitrogens with zero attached hydrogens (tertiary/aromatic N) is 1. The monoisotopic (exact) mass is 253 g/mol. The van der Waals surface area contributed by atoms with Crippen molar-refractivity contribution in [1.29, 1.82) is 0 Å². The molecular weight excluding hydrogens is 233 g/mol. The molecule has 0 radical (unpaired) electrons. The molecule has 1 fully saturated rings. The molecule has 1 heterocycles. The lowest BCUT2D eigenvalue weighted by Crippen LogP contribution is -2.38. The fourth-order valence-electron chi connectivity index (χ4n) is 2.49. The summed E-state index contributed by atoms with van der Waals surface area (Å²) in [5.74, 6) is -0.155. The quantitative estimate of drug-likeness (QED) is 0.899. The molecule has 1 unspecified atom stereocenters. The average Bonchev–Trinajstić information content (AvgIpc) is 2.41. The second kappa shape index (κ2) is 5.67. The largest absolute Gasteiger partial charge is 0.508 e. The van der Waals surface area contributed by atoms with Crippen molar-refractivity contribution in [2.24, 2.45) is 0 Å². The van der Waals surface area contributed by atoms with Crippen molar-refractivity contribution in [3.05, 3.63) is 29.6 Å². The van der Waals surface area contributed by atoms with Crippen molar-refractivity contribution < 1.29 is 14.2 Å². The Labute approximate surface area is 107 Å². The molecule has 0 amide bonds. The van der Waals surface area contributed by atoms with E-state index in [2.05, 4.69) is 4.90 Å². The number of ether oxygens (including phenoxy) is 1. The van der Waals surface area contributed by atoms with E-state index < -0.39 is 0 Å². The Hall–Kier alpha value is -1.13. The highest BCUT2D eigenvalue weighted by Gasteiger charge is 2.24. The topological polar surface area (TPSA) is 32.7 Å². The molecule has 1 atom stereocenters. The summed E-state index contributed by atoms with van der Waals surface area (Å²) in [4.78, 5) is 2.19. The van der Waals surface area contributed by atoms with E-state index in [9.17, 15) is 9.50 Å². The first-order chi connectivity index (χ1) is 8.59. The lowest BCUT2D eigenvalue weighted by Gasteiger charge is -2.35. The van der Waals surface area contributed by atoms with Gasteiger partial charge in [0.25, 0.3) is 0 Å². The molecule has 1 aliphatic heterocycles. The molecule has 3 nitrogen and oxygen atoms in total. The van der Waals surface area contributed by atoms with E-state index in [-0.39, 0.29) is 17.6 Å². The summed E-state index contributed by atoms with van der Waals surface area (Å²) in [5.41, 5.74) is 0.643. The van der Waals surface area contributed by atoms with E-state index in [4.69, 9.17) is 4.74 Å². The molecule has 0 aliphatic carbocycles. The molecule has 1 aromatic rings. The number of rotatable bonds is 3. The van der Waals surface area contributed by atoms with Crippen LogP contribution in [0.2, 0.25) is 0 Å². The first kappa shape index (κ1) is 13.3. The van der Waals surface area contributed by atoms with Gasteiger partial charge >= 0.3 is 0 Å². The summed E-state index contributed by atoms with van der Waals surface area (Å²) < 4.78 is 18.6. The zero-order valence-corrected chi connectivity index (χ0v) is 10.9. The Morgan fingerprint density at radius 3 is 2.72 bits per heavy atom. The number of aromatic hydroxyl groups is 1. The number of phenolic OH excluding ortho intramolecular Hbond substituents is 1. The van der Waals surface area contributed by atoms with Crippen LogP contribution in [0, 0.1) is 5.82 Å². The van der Waals surface area contributed by atoms with Crippen LogP contribution in [0.25, 0.3) is 0 Å². The van der Waals surface area contributed by atoms with Crippen molar-refractivity contribution >= 4 is 0 Å². The first-order valence-electron chi connectivity index (χ1n) is 6.37. The number of hydrogen-bond acceptors (Lipinski definition) is 3. The van der Waals surface area contributed by atoms with Crippen molar-refractivity contribution in [3.8, 4) is 5.75 Å². The van der Waals surface area contributed by atoms with E-state index in [1.165, 1.54) is 18.2 Å². The number of phenols is 1. The van der Waals surface area contributed by atoms with E-state index >= 15 is 0 Å². The minimum absolute atomic E-state index is 0.0104. The Morgan fingerprint density at radius 2 is 2.06 bits per heavy atom. The summed E-state index contributed by atoms with van der Waals surface area (Å²) in [6, 6.07) is 4.52. The average molecular weight is 253 g/mol. The summed E-state index contributed by atoms with van der Waals surface area (Å²) >= 11 is 0. The van der Waals surface area contributed by atoms with Gasteiger partial charge in [-0.05, 0) is 45.0 Å². The third kappa shape index (κ3) is 2.82. The van der Waals surface area contributed by atoms with Crippen LogP contribution in [-0.2, 0) is 4.74 Å².